The van der Waals surface area contributed by atoms with Gasteiger partial charge < -0.3 is 0 Å². The normalized spacial score (nSPS) is 17.3. The summed E-state index contributed by atoms with van der Waals surface area (Å²) in [5.74, 6) is 2.22. The van der Waals surface area contributed by atoms with Crippen LogP contribution in [0.3, 0.4) is 0 Å². The Morgan fingerprint density at radius 1 is 1.07 bits per heavy atom. The lowest BCUT2D eigenvalue weighted by Gasteiger charge is -2.22. The molecule has 14 heavy (non-hydrogen) atoms. The molecule has 0 bridgehead atoms. The zero-order valence-electron chi connectivity index (χ0n) is 10.8. The third-order valence-corrected chi connectivity index (χ3v) is 3.11. The molecule has 0 aromatic rings. The second kappa shape index (κ2) is 7.09. The summed E-state index contributed by atoms with van der Waals surface area (Å²) in [5, 5.41) is 0. The molecule has 0 N–H and O–H groups in total. The van der Waals surface area contributed by atoms with Crippen molar-refractivity contribution in [3.05, 3.63) is 18.1 Å². The Kier molecular flexibility index (Phi) is 6.96. The Labute approximate surface area is 90.8 Å². The van der Waals surface area contributed by atoms with Gasteiger partial charge in [0.1, 0.15) is 0 Å². The van der Waals surface area contributed by atoms with E-state index < -0.39 is 0 Å². The molecule has 0 aliphatic heterocycles. The Balaban J connectivity index is 4.11. The molecule has 0 nitrogen and oxygen atoms in total. The molecule has 0 aromatic carbocycles. The van der Waals surface area contributed by atoms with Crippen molar-refractivity contribution < 1.29 is 0 Å². The topological polar surface area (TPSA) is 0 Å². The summed E-state index contributed by atoms with van der Waals surface area (Å²) < 4.78 is 0. The smallest absolute Gasteiger partial charge is 0.0200 e. The molecule has 83 valence electrons. The van der Waals surface area contributed by atoms with Crippen LogP contribution >= 0.6 is 0 Å². The molecule has 0 aliphatic carbocycles. The van der Waals surface area contributed by atoms with Crippen molar-refractivity contribution in [1.82, 2.24) is 0 Å². The van der Waals surface area contributed by atoms with Gasteiger partial charge in [0.2, 0.25) is 0 Å². The van der Waals surface area contributed by atoms with Crippen LogP contribution in [0.2, 0.25) is 0 Å². The van der Waals surface area contributed by atoms with Gasteiger partial charge in [0.05, 0.1) is 0 Å². The van der Waals surface area contributed by atoms with Gasteiger partial charge in [-0.3, -0.25) is 0 Å². The van der Waals surface area contributed by atoms with Gasteiger partial charge in [0.25, 0.3) is 0 Å². The number of hydrogen-bond donors (Lipinski definition) is 0. The minimum absolute atomic E-state index is 0.670. The summed E-state index contributed by atoms with van der Waals surface area (Å²) in [6.45, 7) is 13.6. The fourth-order valence-corrected chi connectivity index (χ4v) is 1.69. The molecule has 0 aromatic heterocycles. The Bertz CT molecular complexity index is 163. The quantitative estimate of drug-likeness (QED) is 0.531. The largest absolute Gasteiger partial charge is 0.0825 e. The molecule has 0 heteroatoms. The second-order valence-electron chi connectivity index (χ2n) is 4.75. The van der Waals surface area contributed by atoms with Crippen molar-refractivity contribution in [1.29, 1.82) is 0 Å². The maximum Gasteiger partial charge on any atom is -0.0200 e. The lowest BCUT2D eigenvalue weighted by Crippen LogP contribution is -2.12. The molecular formula is C14H27. The van der Waals surface area contributed by atoms with Crippen LogP contribution in [0, 0.1) is 24.2 Å². The van der Waals surface area contributed by atoms with Crippen LogP contribution in [0.15, 0.2) is 11.6 Å². The summed E-state index contributed by atoms with van der Waals surface area (Å²) in [4.78, 5) is 0. The Hall–Kier alpha value is -0.260. The highest BCUT2D eigenvalue weighted by Crippen LogP contribution is 2.24. The summed E-state index contributed by atoms with van der Waals surface area (Å²) in [5.41, 5.74) is 1.43. The van der Waals surface area contributed by atoms with E-state index in [1.165, 1.54) is 18.4 Å². The van der Waals surface area contributed by atoms with Crippen LogP contribution in [0.1, 0.15) is 54.4 Å². The summed E-state index contributed by atoms with van der Waals surface area (Å²) >= 11 is 0. The van der Waals surface area contributed by atoms with Crippen molar-refractivity contribution >= 4 is 0 Å². The van der Waals surface area contributed by atoms with Gasteiger partial charge in [0, 0.05) is 0 Å². The average Bonchev–Trinajstić information content (AvgIpc) is 2.14. The van der Waals surface area contributed by atoms with Crippen molar-refractivity contribution in [2.75, 3.05) is 0 Å². The highest BCUT2D eigenvalue weighted by molar-refractivity contribution is 5.02. The van der Waals surface area contributed by atoms with E-state index in [4.69, 9.17) is 0 Å². The zero-order valence-corrected chi connectivity index (χ0v) is 10.8. The predicted molar refractivity (Wildman–Crippen MR) is 66.1 cm³/mol. The molecule has 0 saturated heterocycles. The van der Waals surface area contributed by atoms with Gasteiger partial charge in [-0.1, -0.05) is 45.8 Å². The van der Waals surface area contributed by atoms with E-state index >= 15 is 0 Å². The monoisotopic (exact) mass is 195 g/mol. The number of allylic oxidation sites excluding steroid dienone is 2. The van der Waals surface area contributed by atoms with Gasteiger partial charge in [-0.2, -0.15) is 0 Å². The first kappa shape index (κ1) is 13.7. The first-order valence-electron chi connectivity index (χ1n) is 6.01. The SMILES string of the molecule is CCC([CH]C(C)C(C)CC)C=C(C)C. The average molecular weight is 195 g/mol. The molecule has 0 fully saturated rings. The van der Waals surface area contributed by atoms with Crippen LogP contribution in [-0.4, -0.2) is 0 Å². The van der Waals surface area contributed by atoms with Crippen LogP contribution in [-0.2, 0) is 0 Å². The number of hydrogen-bond acceptors (Lipinski definition) is 0. The maximum absolute atomic E-state index is 2.52. The lowest BCUT2D eigenvalue weighted by molar-refractivity contribution is 0.394. The fraction of sp³-hybridized carbons (Fsp3) is 0.786. The minimum Gasteiger partial charge on any atom is -0.0825 e. The Morgan fingerprint density at radius 3 is 2.00 bits per heavy atom. The first-order chi connectivity index (χ1) is 6.51. The van der Waals surface area contributed by atoms with Gasteiger partial charge in [0.15, 0.2) is 0 Å². The third kappa shape index (κ3) is 5.47. The molecule has 0 amide bonds. The molecule has 0 saturated carbocycles. The molecule has 0 aliphatic rings. The van der Waals surface area contributed by atoms with E-state index in [9.17, 15) is 0 Å². The molecule has 1 radical (unpaired) electrons. The molecule has 3 unspecified atom stereocenters. The third-order valence-electron chi connectivity index (χ3n) is 3.11. The van der Waals surface area contributed by atoms with Crippen molar-refractivity contribution in [2.24, 2.45) is 17.8 Å². The maximum atomic E-state index is 2.52. The van der Waals surface area contributed by atoms with Crippen LogP contribution in [0.25, 0.3) is 0 Å². The van der Waals surface area contributed by atoms with E-state index in [0.29, 0.717) is 5.92 Å². The van der Waals surface area contributed by atoms with Crippen LogP contribution in [0.5, 0.6) is 0 Å². The molecule has 3 atom stereocenters. The van der Waals surface area contributed by atoms with Crippen LogP contribution in [0.4, 0.5) is 0 Å². The summed E-state index contributed by atoms with van der Waals surface area (Å²) in [6, 6.07) is 0. The van der Waals surface area contributed by atoms with Crippen LogP contribution < -0.4 is 0 Å². The second-order valence-corrected chi connectivity index (χ2v) is 4.75. The van der Waals surface area contributed by atoms with E-state index in [1.807, 2.05) is 0 Å². The number of rotatable bonds is 6. The standard InChI is InChI=1S/C14H27/c1-7-12(5)13(6)10-14(8-2)9-11(3)4/h9-10,12-14H,7-8H2,1-6H3. The molecular weight excluding hydrogens is 168 g/mol. The predicted octanol–water partition coefficient (Wildman–Crippen LogP) is 4.87. The van der Waals surface area contributed by atoms with Gasteiger partial charge in [-0.05, 0) is 44.4 Å². The van der Waals surface area contributed by atoms with Gasteiger partial charge >= 0.3 is 0 Å². The van der Waals surface area contributed by atoms with E-state index in [0.717, 1.165) is 11.8 Å². The summed E-state index contributed by atoms with van der Waals surface area (Å²) in [7, 11) is 0. The zero-order chi connectivity index (χ0) is 11.1. The van der Waals surface area contributed by atoms with Crippen molar-refractivity contribution in [3.8, 4) is 0 Å². The Morgan fingerprint density at radius 2 is 1.64 bits per heavy atom. The summed E-state index contributed by atoms with van der Waals surface area (Å²) in [6.07, 6.45) is 7.41. The van der Waals surface area contributed by atoms with Crippen molar-refractivity contribution in [3.63, 3.8) is 0 Å². The van der Waals surface area contributed by atoms with E-state index in [1.54, 1.807) is 0 Å². The first-order valence-corrected chi connectivity index (χ1v) is 6.01. The molecule has 0 rings (SSSR count). The lowest BCUT2D eigenvalue weighted by atomic mass is 9.84. The highest BCUT2D eigenvalue weighted by atomic mass is 14.2. The minimum atomic E-state index is 0.670. The fourth-order valence-electron chi connectivity index (χ4n) is 1.69. The molecule has 0 spiro atoms. The van der Waals surface area contributed by atoms with E-state index in [2.05, 4.69) is 54.0 Å². The molecule has 0 heterocycles. The van der Waals surface area contributed by atoms with E-state index in [-0.39, 0.29) is 0 Å². The highest BCUT2D eigenvalue weighted by Gasteiger charge is 2.14. The van der Waals surface area contributed by atoms with Gasteiger partial charge in [-0.25, -0.2) is 0 Å². The van der Waals surface area contributed by atoms with Gasteiger partial charge in [-0.15, -0.1) is 0 Å². The van der Waals surface area contributed by atoms with Crippen molar-refractivity contribution in [2.45, 2.75) is 54.4 Å².